The number of nitrogens with zero attached hydrogens (tertiary/aromatic N) is 3. The molecule has 0 spiro atoms. The average Bonchev–Trinajstić information content (AvgIpc) is 2.62. The largest absolute Gasteiger partial charge is 0.409 e. The molecule has 0 bridgehead atoms. The van der Waals surface area contributed by atoms with Gasteiger partial charge in [0.15, 0.2) is 0 Å². The molecule has 0 saturated heterocycles. The standard InChI is InChI=1S/C12H21N5O2/c1-8-11(9(2)17(3)15-8)12(18)14-7-5-4-6-10(13)16-19/h19H,4-7H2,1-3H3,(H2,13,16)(H,14,18). The number of unbranched alkanes of at least 4 members (excludes halogenated alkanes) is 1. The molecule has 1 heterocycles. The lowest BCUT2D eigenvalue weighted by atomic mass is 10.1. The van der Waals surface area contributed by atoms with Crippen molar-refractivity contribution in [3.8, 4) is 0 Å². The van der Waals surface area contributed by atoms with Gasteiger partial charge in [-0.3, -0.25) is 9.48 Å². The molecule has 7 nitrogen and oxygen atoms in total. The van der Waals surface area contributed by atoms with E-state index >= 15 is 0 Å². The van der Waals surface area contributed by atoms with Crippen LogP contribution in [-0.4, -0.2) is 33.3 Å². The van der Waals surface area contributed by atoms with Gasteiger partial charge in [0, 0.05) is 25.7 Å². The number of carbonyl (C=O) groups excluding carboxylic acids is 1. The third kappa shape index (κ3) is 3.97. The van der Waals surface area contributed by atoms with Crippen LogP contribution in [0, 0.1) is 13.8 Å². The van der Waals surface area contributed by atoms with Crippen LogP contribution in [-0.2, 0) is 7.05 Å². The van der Waals surface area contributed by atoms with Crippen LogP contribution in [0.4, 0.5) is 0 Å². The van der Waals surface area contributed by atoms with Crippen molar-refractivity contribution in [3.05, 3.63) is 17.0 Å². The van der Waals surface area contributed by atoms with E-state index in [1.54, 1.807) is 4.68 Å². The van der Waals surface area contributed by atoms with Crippen molar-refractivity contribution in [3.63, 3.8) is 0 Å². The molecule has 7 heteroatoms. The number of rotatable bonds is 6. The van der Waals surface area contributed by atoms with Gasteiger partial charge in [0.05, 0.1) is 11.3 Å². The molecule has 1 rings (SSSR count). The SMILES string of the molecule is Cc1nn(C)c(C)c1C(=O)NCCCCC(N)=NO. The summed E-state index contributed by atoms with van der Waals surface area (Å²) in [5.41, 5.74) is 7.57. The normalized spacial score (nSPS) is 11.6. The number of oxime groups is 1. The van der Waals surface area contributed by atoms with Crippen molar-refractivity contribution in [1.29, 1.82) is 0 Å². The van der Waals surface area contributed by atoms with Gasteiger partial charge in [0.2, 0.25) is 0 Å². The van der Waals surface area contributed by atoms with Crippen LogP contribution in [0.2, 0.25) is 0 Å². The molecule has 0 aliphatic carbocycles. The van der Waals surface area contributed by atoms with Crippen molar-refractivity contribution < 1.29 is 10.0 Å². The second kappa shape index (κ2) is 6.77. The van der Waals surface area contributed by atoms with Gasteiger partial charge in [-0.25, -0.2) is 0 Å². The lowest BCUT2D eigenvalue weighted by Crippen LogP contribution is -2.25. The van der Waals surface area contributed by atoms with Crippen molar-refractivity contribution in [1.82, 2.24) is 15.1 Å². The minimum absolute atomic E-state index is 0.105. The van der Waals surface area contributed by atoms with E-state index in [9.17, 15) is 4.79 Å². The summed E-state index contributed by atoms with van der Waals surface area (Å²) in [7, 11) is 1.82. The first-order valence-electron chi connectivity index (χ1n) is 6.22. The Hall–Kier alpha value is -2.05. The fourth-order valence-corrected chi connectivity index (χ4v) is 1.87. The third-order valence-electron chi connectivity index (χ3n) is 3.01. The summed E-state index contributed by atoms with van der Waals surface area (Å²) in [4.78, 5) is 12.0. The maximum atomic E-state index is 12.0. The topological polar surface area (TPSA) is 106 Å². The fourth-order valence-electron chi connectivity index (χ4n) is 1.87. The van der Waals surface area contributed by atoms with Gasteiger partial charge in [0.25, 0.3) is 5.91 Å². The zero-order valence-electron chi connectivity index (χ0n) is 11.6. The molecular formula is C12H21N5O2. The number of nitrogens with two attached hydrogens (primary N) is 1. The highest BCUT2D eigenvalue weighted by atomic mass is 16.4. The number of hydrogen-bond acceptors (Lipinski definition) is 4. The molecule has 0 aromatic carbocycles. The maximum Gasteiger partial charge on any atom is 0.255 e. The van der Waals surface area contributed by atoms with E-state index in [2.05, 4.69) is 15.6 Å². The summed E-state index contributed by atoms with van der Waals surface area (Å²) in [5, 5.41) is 18.3. The summed E-state index contributed by atoms with van der Waals surface area (Å²) in [6.45, 7) is 4.25. The van der Waals surface area contributed by atoms with Crippen molar-refractivity contribution >= 4 is 11.7 Å². The Labute approximate surface area is 112 Å². The smallest absolute Gasteiger partial charge is 0.255 e. The van der Waals surface area contributed by atoms with Crippen LogP contribution in [0.25, 0.3) is 0 Å². The number of nitrogens with one attached hydrogen (secondary N) is 1. The number of carbonyl (C=O) groups is 1. The van der Waals surface area contributed by atoms with E-state index < -0.39 is 0 Å². The molecule has 0 aliphatic rings. The second-order valence-corrected chi connectivity index (χ2v) is 4.47. The molecule has 19 heavy (non-hydrogen) atoms. The highest BCUT2D eigenvalue weighted by Gasteiger charge is 2.16. The highest BCUT2D eigenvalue weighted by Crippen LogP contribution is 2.11. The van der Waals surface area contributed by atoms with E-state index in [4.69, 9.17) is 10.9 Å². The highest BCUT2D eigenvalue weighted by molar-refractivity contribution is 5.96. The monoisotopic (exact) mass is 267 g/mol. The summed E-state index contributed by atoms with van der Waals surface area (Å²) < 4.78 is 1.70. The Morgan fingerprint density at radius 1 is 1.47 bits per heavy atom. The Morgan fingerprint density at radius 3 is 2.68 bits per heavy atom. The van der Waals surface area contributed by atoms with Crippen molar-refractivity contribution in [2.45, 2.75) is 33.1 Å². The molecule has 0 fully saturated rings. The van der Waals surface area contributed by atoms with Crippen LogP contribution in [0.5, 0.6) is 0 Å². The Bertz CT molecular complexity index is 479. The lowest BCUT2D eigenvalue weighted by molar-refractivity contribution is 0.0951. The van der Waals surface area contributed by atoms with Gasteiger partial charge in [0.1, 0.15) is 5.84 Å². The van der Waals surface area contributed by atoms with Crippen LogP contribution in [0.15, 0.2) is 5.16 Å². The van der Waals surface area contributed by atoms with E-state index in [1.807, 2.05) is 20.9 Å². The first-order chi connectivity index (χ1) is 8.97. The quantitative estimate of drug-likeness (QED) is 0.232. The molecule has 0 atom stereocenters. The van der Waals surface area contributed by atoms with Gasteiger partial charge in [-0.05, 0) is 26.7 Å². The van der Waals surface area contributed by atoms with Gasteiger partial charge in [-0.15, -0.1) is 0 Å². The molecule has 0 unspecified atom stereocenters. The molecule has 4 N–H and O–H groups in total. The number of hydrogen-bond donors (Lipinski definition) is 3. The molecule has 1 amide bonds. The molecular weight excluding hydrogens is 246 g/mol. The van der Waals surface area contributed by atoms with Gasteiger partial charge in [-0.2, -0.15) is 5.10 Å². The van der Waals surface area contributed by atoms with E-state index in [0.717, 1.165) is 24.2 Å². The molecule has 1 aromatic rings. The van der Waals surface area contributed by atoms with E-state index in [0.29, 0.717) is 18.5 Å². The molecule has 0 aliphatic heterocycles. The minimum Gasteiger partial charge on any atom is -0.409 e. The zero-order chi connectivity index (χ0) is 14.4. The average molecular weight is 267 g/mol. The van der Waals surface area contributed by atoms with Crippen LogP contribution in [0.1, 0.15) is 41.0 Å². The summed E-state index contributed by atoms with van der Waals surface area (Å²) >= 11 is 0. The van der Waals surface area contributed by atoms with E-state index in [-0.39, 0.29) is 11.7 Å². The Balaban J connectivity index is 2.40. The fraction of sp³-hybridized carbons (Fsp3) is 0.583. The molecule has 0 saturated carbocycles. The number of aryl methyl sites for hydroxylation is 2. The van der Waals surface area contributed by atoms with Gasteiger partial charge >= 0.3 is 0 Å². The lowest BCUT2D eigenvalue weighted by Gasteiger charge is -2.05. The summed E-state index contributed by atoms with van der Waals surface area (Å²) in [5.74, 6) is 0.108. The maximum absolute atomic E-state index is 12.0. The zero-order valence-corrected chi connectivity index (χ0v) is 11.6. The Kier molecular flexibility index (Phi) is 5.35. The van der Waals surface area contributed by atoms with Gasteiger partial charge < -0.3 is 16.3 Å². The van der Waals surface area contributed by atoms with Gasteiger partial charge in [-0.1, -0.05) is 5.16 Å². The Morgan fingerprint density at radius 2 is 2.16 bits per heavy atom. The van der Waals surface area contributed by atoms with Crippen LogP contribution in [0.3, 0.4) is 0 Å². The molecule has 106 valence electrons. The van der Waals surface area contributed by atoms with Crippen LogP contribution >= 0.6 is 0 Å². The van der Waals surface area contributed by atoms with Crippen molar-refractivity contribution in [2.75, 3.05) is 6.54 Å². The molecule has 1 aromatic heterocycles. The summed E-state index contributed by atoms with van der Waals surface area (Å²) in [6.07, 6.45) is 2.07. The third-order valence-corrected chi connectivity index (χ3v) is 3.01. The predicted octanol–water partition coefficient (Wildman–Crippen LogP) is 0.683. The number of amides is 1. The summed E-state index contributed by atoms with van der Waals surface area (Å²) in [6, 6.07) is 0. The first kappa shape index (κ1) is 15.0. The second-order valence-electron chi connectivity index (χ2n) is 4.47. The number of aromatic nitrogens is 2. The van der Waals surface area contributed by atoms with Crippen molar-refractivity contribution in [2.24, 2.45) is 17.9 Å². The predicted molar refractivity (Wildman–Crippen MR) is 72.3 cm³/mol. The number of amidine groups is 1. The molecule has 0 radical (unpaired) electrons. The van der Waals surface area contributed by atoms with E-state index in [1.165, 1.54) is 0 Å². The van der Waals surface area contributed by atoms with Crippen LogP contribution < -0.4 is 11.1 Å². The minimum atomic E-state index is -0.105. The first-order valence-corrected chi connectivity index (χ1v) is 6.22.